The van der Waals surface area contributed by atoms with Gasteiger partial charge in [-0.3, -0.25) is 0 Å². The summed E-state index contributed by atoms with van der Waals surface area (Å²) < 4.78 is 4.72. The molecular formula is C9H17NO3. The lowest BCUT2D eigenvalue weighted by atomic mass is 10.3. The van der Waals surface area contributed by atoms with Crippen molar-refractivity contribution in [3.05, 3.63) is 12.2 Å². The number of nitrogens with one attached hydrogen (secondary N) is 1. The Labute approximate surface area is 78.6 Å². The van der Waals surface area contributed by atoms with Gasteiger partial charge in [0.05, 0.1) is 12.7 Å². The maximum absolute atomic E-state index is 11.0. The summed E-state index contributed by atoms with van der Waals surface area (Å²) in [6.45, 7) is 8.11. The van der Waals surface area contributed by atoms with E-state index in [0.29, 0.717) is 25.3 Å². The highest BCUT2D eigenvalue weighted by Gasteiger charge is 2.06. The van der Waals surface area contributed by atoms with Crippen LogP contribution in [-0.4, -0.2) is 36.9 Å². The minimum Gasteiger partial charge on any atom is -0.463 e. The molecule has 0 saturated carbocycles. The summed E-state index contributed by atoms with van der Waals surface area (Å²) in [4.78, 5) is 11.0. The minimum atomic E-state index is -0.421. The largest absolute Gasteiger partial charge is 0.463 e. The molecule has 0 amide bonds. The average molecular weight is 187 g/mol. The van der Waals surface area contributed by atoms with E-state index in [1.54, 1.807) is 13.8 Å². The van der Waals surface area contributed by atoms with Crippen LogP contribution >= 0.6 is 0 Å². The fraction of sp³-hybridized carbons (Fsp3) is 0.667. The van der Waals surface area contributed by atoms with Gasteiger partial charge in [-0.05, 0) is 13.8 Å². The number of carbonyl (C=O) groups excluding carboxylic acids is 1. The van der Waals surface area contributed by atoms with E-state index in [9.17, 15) is 4.79 Å². The molecule has 13 heavy (non-hydrogen) atoms. The van der Waals surface area contributed by atoms with Gasteiger partial charge >= 0.3 is 5.97 Å². The second kappa shape index (κ2) is 6.62. The topological polar surface area (TPSA) is 58.6 Å². The van der Waals surface area contributed by atoms with Crippen LogP contribution in [0.4, 0.5) is 0 Å². The van der Waals surface area contributed by atoms with Gasteiger partial charge in [0, 0.05) is 18.7 Å². The number of ether oxygens (including phenoxy) is 1. The quantitative estimate of drug-likeness (QED) is 0.456. The molecule has 0 aliphatic heterocycles. The molecule has 0 aromatic rings. The molecule has 0 fully saturated rings. The molecule has 2 N–H and O–H groups in total. The molecule has 76 valence electrons. The third-order valence-corrected chi connectivity index (χ3v) is 1.34. The van der Waals surface area contributed by atoms with Crippen LogP contribution in [0.25, 0.3) is 0 Å². The molecule has 0 spiro atoms. The second-order valence-corrected chi connectivity index (χ2v) is 2.80. The SMILES string of the molecule is C=C(CNCC(C)O)C(=O)OCC. The third-order valence-electron chi connectivity index (χ3n) is 1.34. The zero-order valence-corrected chi connectivity index (χ0v) is 8.17. The standard InChI is InChI=1S/C9H17NO3/c1-4-13-9(12)7(2)5-10-6-8(3)11/h8,10-11H,2,4-6H2,1,3H3. The minimum absolute atomic E-state index is 0.351. The summed E-state index contributed by atoms with van der Waals surface area (Å²) in [6, 6.07) is 0. The number of carbonyl (C=O) groups is 1. The van der Waals surface area contributed by atoms with Crippen LogP contribution in [0.15, 0.2) is 12.2 Å². The van der Waals surface area contributed by atoms with Crippen molar-refractivity contribution in [2.75, 3.05) is 19.7 Å². The summed E-state index contributed by atoms with van der Waals surface area (Å²) in [5.41, 5.74) is 0.377. The van der Waals surface area contributed by atoms with Gasteiger partial charge in [-0.15, -0.1) is 0 Å². The molecule has 1 atom stereocenters. The van der Waals surface area contributed by atoms with Crippen molar-refractivity contribution in [2.45, 2.75) is 20.0 Å². The van der Waals surface area contributed by atoms with E-state index in [0.717, 1.165) is 0 Å². The van der Waals surface area contributed by atoms with Gasteiger partial charge in [0.2, 0.25) is 0 Å². The molecule has 0 aromatic heterocycles. The monoisotopic (exact) mass is 187 g/mol. The summed E-state index contributed by atoms with van der Waals surface area (Å²) in [7, 11) is 0. The number of esters is 1. The smallest absolute Gasteiger partial charge is 0.334 e. The van der Waals surface area contributed by atoms with Gasteiger partial charge in [0.15, 0.2) is 0 Å². The molecule has 1 unspecified atom stereocenters. The van der Waals surface area contributed by atoms with Crippen LogP contribution in [0.5, 0.6) is 0 Å². The van der Waals surface area contributed by atoms with Gasteiger partial charge in [0.25, 0.3) is 0 Å². The van der Waals surface area contributed by atoms with Crippen molar-refractivity contribution in [3.63, 3.8) is 0 Å². The number of aliphatic hydroxyl groups excluding tert-OH is 1. The van der Waals surface area contributed by atoms with Gasteiger partial charge in [-0.2, -0.15) is 0 Å². The van der Waals surface area contributed by atoms with E-state index in [4.69, 9.17) is 9.84 Å². The van der Waals surface area contributed by atoms with Crippen molar-refractivity contribution in [1.29, 1.82) is 0 Å². The average Bonchev–Trinajstić information content (AvgIpc) is 2.04. The van der Waals surface area contributed by atoms with Crippen molar-refractivity contribution in [1.82, 2.24) is 5.32 Å². The molecule has 0 bridgehead atoms. The van der Waals surface area contributed by atoms with Gasteiger partial charge in [-0.25, -0.2) is 4.79 Å². The van der Waals surface area contributed by atoms with E-state index in [-0.39, 0.29) is 5.97 Å². The first-order chi connectivity index (χ1) is 6.07. The molecule has 0 aliphatic rings. The molecule has 0 aromatic carbocycles. The van der Waals surface area contributed by atoms with Crippen LogP contribution < -0.4 is 5.32 Å². The lowest BCUT2D eigenvalue weighted by Gasteiger charge is -2.08. The van der Waals surface area contributed by atoms with Crippen LogP contribution in [-0.2, 0) is 9.53 Å². The fourth-order valence-corrected chi connectivity index (χ4v) is 0.737. The number of hydrogen-bond donors (Lipinski definition) is 2. The van der Waals surface area contributed by atoms with Gasteiger partial charge < -0.3 is 15.2 Å². The highest BCUT2D eigenvalue weighted by molar-refractivity contribution is 5.88. The van der Waals surface area contributed by atoms with Crippen molar-refractivity contribution in [3.8, 4) is 0 Å². The Hall–Kier alpha value is -0.870. The number of rotatable bonds is 6. The highest BCUT2D eigenvalue weighted by atomic mass is 16.5. The maximum Gasteiger partial charge on any atom is 0.334 e. The molecule has 4 nitrogen and oxygen atoms in total. The summed E-state index contributed by atoms with van der Waals surface area (Å²) in [6.07, 6.45) is -0.421. The van der Waals surface area contributed by atoms with Crippen LogP contribution in [0.1, 0.15) is 13.8 Å². The molecule has 0 saturated heterocycles. The summed E-state index contributed by atoms with van der Waals surface area (Å²) in [5.74, 6) is -0.388. The second-order valence-electron chi connectivity index (χ2n) is 2.80. The normalized spacial score (nSPS) is 12.2. The molecule has 0 rings (SSSR count). The van der Waals surface area contributed by atoms with Gasteiger partial charge in [0.1, 0.15) is 0 Å². The Balaban J connectivity index is 3.56. The van der Waals surface area contributed by atoms with E-state index >= 15 is 0 Å². The first-order valence-electron chi connectivity index (χ1n) is 4.31. The predicted molar refractivity (Wildman–Crippen MR) is 50.3 cm³/mol. The fourth-order valence-electron chi connectivity index (χ4n) is 0.737. The Bertz CT molecular complexity index is 178. The van der Waals surface area contributed by atoms with Crippen LogP contribution in [0.3, 0.4) is 0 Å². The number of hydrogen-bond acceptors (Lipinski definition) is 4. The first-order valence-corrected chi connectivity index (χ1v) is 4.31. The molecule has 0 heterocycles. The maximum atomic E-state index is 11.0. The van der Waals surface area contributed by atoms with Crippen LogP contribution in [0.2, 0.25) is 0 Å². The lowest BCUT2D eigenvalue weighted by Crippen LogP contribution is -2.28. The summed E-state index contributed by atoms with van der Waals surface area (Å²) >= 11 is 0. The van der Waals surface area contributed by atoms with Crippen LogP contribution in [0, 0.1) is 0 Å². The van der Waals surface area contributed by atoms with Crippen molar-refractivity contribution < 1.29 is 14.6 Å². The van der Waals surface area contributed by atoms with Crippen molar-refractivity contribution in [2.24, 2.45) is 0 Å². The Morgan fingerprint density at radius 1 is 1.69 bits per heavy atom. The molecule has 0 aliphatic carbocycles. The number of aliphatic hydroxyl groups is 1. The van der Waals surface area contributed by atoms with E-state index in [1.165, 1.54) is 0 Å². The molecular weight excluding hydrogens is 170 g/mol. The first kappa shape index (κ1) is 12.1. The summed E-state index contributed by atoms with van der Waals surface area (Å²) in [5, 5.41) is 11.8. The molecule has 4 heteroatoms. The van der Waals surface area contributed by atoms with E-state index in [2.05, 4.69) is 11.9 Å². The third kappa shape index (κ3) is 6.31. The van der Waals surface area contributed by atoms with Crippen molar-refractivity contribution >= 4 is 5.97 Å². The predicted octanol–water partition coefficient (Wildman–Crippen LogP) is 0.0761. The Morgan fingerprint density at radius 3 is 2.77 bits per heavy atom. The Kier molecular flexibility index (Phi) is 6.18. The van der Waals surface area contributed by atoms with E-state index in [1.807, 2.05) is 0 Å². The lowest BCUT2D eigenvalue weighted by molar-refractivity contribution is -0.138. The van der Waals surface area contributed by atoms with E-state index < -0.39 is 6.10 Å². The Morgan fingerprint density at radius 2 is 2.31 bits per heavy atom. The van der Waals surface area contributed by atoms with Gasteiger partial charge in [-0.1, -0.05) is 6.58 Å². The zero-order chi connectivity index (χ0) is 10.3. The molecule has 0 radical (unpaired) electrons. The zero-order valence-electron chi connectivity index (χ0n) is 8.17. The highest BCUT2D eigenvalue weighted by Crippen LogP contribution is 1.92.